The van der Waals surface area contributed by atoms with Gasteiger partial charge in [0, 0.05) is 23.6 Å². The Labute approximate surface area is 150 Å². The molecule has 0 atom stereocenters. The summed E-state index contributed by atoms with van der Waals surface area (Å²) in [6, 6.07) is 8.61. The van der Waals surface area contributed by atoms with Crippen LogP contribution >= 0.6 is 11.9 Å². The van der Waals surface area contributed by atoms with Gasteiger partial charge >= 0.3 is 6.18 Å². The van der Waals surface area contributed by atoms with Crippen molar-refractivity contribution in [1.82, 2.24) is 20.0 Å². The molecule has 0 aliphatic carbocycles. The van der Waals surface area contributed by atoms with E-state index in [9.17, 15) is 13.2 Å². The van der Waals surface area contributed by atoms with Crippen molar-refractivity contribution in [2.75, 3.05) is 10.5 Å². The lowest BCUT2D eigenvalue weighted by Gasteiger charge is -2.14. The number of hydrogen-bond donors (Lipinski definition) is 1. The molecule has 0 bridgehead atoms. The van der Waals surface area contributed by atoms with Crippen LogP contribution in [0.2, 0.25) is 0 Å². The van der Waals surface area contributed by atoms with Crippen LogP contribution < -0.4 is 9.46 Å². The van der Waals surface area contributed by atoms with Crippen LogP contribution in [0, 0.1) is 0 Å². The predicted octanol–water partition coefficient (Wildman–Crippen LogP) is 4.22. The SMILES string of the molecule is FC(F)(F)c1ccnc(Oc2ccc(-c3nnn4c3NSCC4)cc2)c1. The maximum absolute atomic E-state index is 12.7. The Morgan fingerprint density at radius 1 is 1.15 bits per heavy atom. The lowest BCUT2D eigenvalue weighted by Crippen LogP contribution is -2.12. The Bertz CT molecular complexity index is 926. The summed E-state index contributed by atoms with van der Waals surface area (Å²) >= 11 is 1.58. The number of benzene rings is 1. The molecule has 0 saturated heterocycles. The Kier molecular flexibility index (Phi) is 4.19. The highest BCUT2D eigenvalue weighted by atomic mass is 32.2. The van der Waals surface area contributed by atoms with Crippen LogP contribution in [0.5, 0.6) is 11.6 Å². The number of anilines is 1. The van der Waals surface area contributed by atoms with Gasteiger partial charge in [-0.05, 0) is 42.3 Å². The van der Waals surface area contributed by atoms with Gasteiger partial charge < -0.3 is 9.46 Å². The first-order chi connectivity index (χ1) is 12.5. The van der Waals surface area contributed by atoms with Crippen LogP contribution in [0.15, 0.2) is 42.6 Å². The van der Waals surface area contributed by atoms with E-state index in [-0.39, 0.29) is 5.88 Å². The minimum Gasteiger partial charge on any atom is -0.439 e. The summed E-state index contributed by atoms with van der Waals surface area (Å²) in [6.45, 7) is 0.780. The number of alkyl halides is 3. The molecule has 10 heteroatoms. The van der Waals surface area contributed by atoms with E-state index in [0.29, 0.717) is 11.4 Å². The smallest absolute Gasteiger partial charge is 0.416 e. The van der Waals surface area contributed by atoms with Gasteiger partial charge in [-0.3, -0.25) is 0 Å². The van der Waals surface area contributed by atoms with Gasteiger partial charge in [-0.15, -0.1) is 5.10 Å². The van der Waals surface area contributed by atoms with E-state index in [1.54, 1.807) is 40.9 Å². The van der Waals surface area contributed by atoms with Crippen molar-refractivity contribution >= 4 is 17.8 Å². The molecule has 0 spiro atoms. The summed E-state index contributed by atoms with van der Waals surface area (Å²) in [7, 11) is 0. The quantitative estimate of drug-likeness (QED) is 0.688. The standard InChI is InChI=1S/C16H12F3N5OS/c17-16(18,19)11-5-6-20-13(9-11)25-12-3-1-10(2-4-12)14-15-22-26-8-7-24(15)23-21-14/h1-6,9,22H,7-8H2. The van der Waals surface area contributed by atoms with Gasteiger partial charge in [0.05, 0.1) is 12.1 Å². The largest absolute Gasteiger partial charge is 0.439 e. The molecule has 6 nitrogen and oxygen atoms in total. The van der Waals surface area contributed by atoms with E-state index in [2.05, 4.69) is 20.0 Å². The molecule has 1 N–H and O–H groups in total. The third-order valence-electron chi connectivity index (χ3n) is 3.72. The van der Waals surface area contributed by atoms with Gasteiger partial charge in [0.1, 0.15) is 11.4 Å². The summed E-state index contributed by atoms with van der Waals surface area (Å²) in [5, 5.41) is 8.28. The number of ether oxygens (including phenoxy) is 1. The second-order valence-corrected chi connectivity index (χ2v) is 6.37. The molecule has 1 aliphatic rings. The molecule has 2 aromatic heterocycles. The average molecular weight is 379 g/mol. The maximum Gasteiger partial charge on any atom is 0.416 e. The fraction of sp³-hybridized carbons (Fsp3) is 0.188. The van der Waals surface area contributed by atoms with Crippen LogP contribution in [-0.2, 0) is 12.7 Å². The van der Waals surface area contributed by atoms with Gasteiger partial charge in [-0.1, -0.05) is 5.21 Å². The van der Waals surface area contributed by atoms with Gasteiger partial charge in [0.15, 0.2) is 5.82 Å². The van der Waals surface area contributed by atoms with E-state index in [4.69, 9.17) is 4.74 Å². The molecular weight excluding hydrogens is 367 g/mol. The third-order valence-corrected chi connectivity index (χ3v) is 4.45. The first-order valence-electron chi connectivity index (χ1n) is 7.63. The van der Waals surface area contributed by atoms with E-state index >= 15 is 0 Å². The van der Waals surface area contributed by atoms with E-state index in [0.717, 1.165) is 42.0 Å². The highest BCUT2D eigenvalue weighted by Gasteiger charge is 2.31. The van der Waals surface area contributed by atoms with Crippen molar-refractivity contribution in [3.8, 4) is 22.9 Å². The number of pyridine rings is 1. The molecule has 4 rings (SSSR count). The Morgan fingerprint density at radius 3 is 2.73 bits per heavy atom. The monoisotopic (exact) mass is 379 g/mol. The summed E-state index contributed by atoms with van der Waals surface area (Å²) in [6.07, 6.45) is -3.37. The second kappa shape index (κ2) is 6.52. The minimum absolute atomic E-state index is 0.119. The number of aromatic nitrogens is 4. The van der Waals surface area contributed by atoms with Crippen molar-refractivity contribution in [1.29, 1.82) is 0 Å². The van der Waals surface area contributed by atoms with Crippen molar-refractivity contribution < 1.29 is 17.9 Å². The molecular formula is C16H12F3N5OS. The van der Waals surface area contributed by atoms with Crippen molar-refractivity contribution in [3.63, 3.8) is 0 Å². The molecule has 3 heterocycles. The summed E-state index contributed by atoms with van der Waals surface area (Å²) in [4.78, 5) is 3.82. The number of halogens is 3. The normalized spacial score (nSPS) is 13.8. The number of rotatable bonds is 3. The predicted molar refractivity (Wildman–Crippen MR) is 90.9 cm³/mol. The zero-order chi connectivity index (χ0) is 18.1. The van der Waals surface area contributed by atoms with Gasteiger partial charge in [0.25, 0.3) is 0 Å². The number of aryl methyl sites for hydroxylation is 1. The molecule has 1 aliphatic heterocycles. The van der Waals surface area contributed by atoms with Crippen LogP contribution in [-0.4, -0.2) is 25.7 Å². The third kappa shape index (κ3) is 3.32. The molecule has 3 aromatic rings. The Balaban J connectivity index is 1.55. The first kappa shape index (κ1) is 16.7. The lowest BCUT2D eigenvalue weighted by atomic mass is 10.1. The first-order valence-corrected chi connectivity index (χ1v) is 8.62. The molecule has 1 aromatic carbocycles. The van der Waals surface area contributed by atoms with Gasteiger partial charge in [0.2, 0.25) is 5.88 Å². The van der Waals surface area contributed by atoms with Gasteiger partial charge in [-0.2, -0.15) is 13.2 Å². The number of fused-ring (bicyclic) bond motifs is 1. The molecule has 26 heavy (non-hydrogen) atoms. The fourth-order valence-electron chi connectivity index (χ4n) is 2.46. The summed E-state index contributed by atoms with van der Waals surface area (Å²) < 4.78 is 48.7. The summed E-state index contributed by atoms with van der Waals surface area (Å²) in [5.41, 5.74) is 0.727. The number of nitrogens with zero attached hydrogens (tertiary/aromatic N) is 4. The minimum atomic E-state index is -4.44. The highest BCUT2D eigenvalue weighted by Crippen LogP contribution is 2.33. The van der Waals surface area contributed by atoms with E-state index in [1.807, 2.05) is 0 Å². The number of nitrogens with one attached hydrogen (secondary N) is 1. The van der Waals surface area contributed by atoms with Crippen LogP contribution in [0.3, 0.4) is 0 Å². The van der Waals surface area contributed by atoms with E-state index in [1.165, 1.54) is 0 Å². The second-order valence-electron chi connectivity index (χ2n) is 5.47. The van der Waals surface area contributed by atoms with Crippen LogP contribution in [0.25, 0.3) is 11.3 Å². The van der Waals surface area contributed by atoms with Crippen LogP contribution in [0.1, 0.15) is 5.56 Å². The highest BCUT2D eigenvalue weighted by molar-refractivity contribution is 8.00. The molecule has 0 unspecified atom stereocenters. The fourth-order valence-corrected chi connectivity index (χ4v) is 3.16. The lowest BCUT2D eigenvalue weighted by molar-refractivity contribution is -0.137. The average Bonchev–Trinajstić information content (AvgIpc) is 3.06. The topological polar surface area (TPSA) is 64.9 Å². The van der Waals surface area contributed by atoms with Crippen molar-refractivity contribution in [2.45, 2.75) is 12.7 Å². The molecule has 134 valence electrons. The molecule has 0 fully saturated rings. The molecule has 0 radical (unpaired) electrons. The van der Waals surface area contributed by atoms with Crippen molar-refractivity contribution in [2.24, 2.45) is 0 Å². The summed E-state index contributed by atoms with van der Waals surface area (Å²) in [5.74, 6) is 2.00. The Hall–Kier alpha value is -2.75. The van der Waals surface area contributed by atoms with Crippen molar-refractivity contribution in [3.05, 3.63) is 48.2 Å². The molecule has 0 amide bonds. The zero-order valence-electron chi connectivity index (χ0n) is 13.2. The molecule has 0 saturated carbocycles. The maximum atomic E-state index is 12.7. The van der Waals surface area contributed by atoms with Crippen LogP contribution in [0.4, 0.5) is 19.0 Å². The van der Waals surface area contributed by atoms with Gasteiger partial charge in [-0.25, -0.2) is 9.67 Å². The number of hydrogen-bond acceptors (Lipinski definition) is 6. The zero-order valence-corrected chi connectivity index (χ0v) is 14.0. The Morgan fingerprint density at radius 2 is 1.96 bits per heavy atom. The van der Waals surface area contributed by atoms with E-state index < -0.39 is 11.7 Å².